The van der Waals surface area contributed by atoms with E-state index in [1.54, 1.807) is 55.5 Å². The molecule has 0 N–H and O–H groups in total. The van der Waals surface area contributed by atoms with Crippen LogP contribution in [0.2, 0.25) is 0 Å². The highest BCUT2D eigenvalue weighted by atomic mass is 16.6. The average molecular weight is 491 g/mol. The van der Waals surface area contributed by atoms with E-state index in [1.807, 2.05) is 18.2 Å². The number of fused-ring (bicyclic) bond motifs is 1. The van der Waals surface area contributed by atoms with Gasteiger partial charge < -0.3 is 28.4 Å². The first-order valence-corrected chi connectivity index (χ1v) is 11.3. The Morgan fingerprint density at radius 1 is 0.944 bits per heavy atom. The number of ketones is 1. The smallest absolute Gasteiger partial charge is 0.352 e. The fourth-order valence-corrected chi connectivity index (χ4v) is 3.85. The second-order valence-corrected chi connectivity index (χ2v) is 7.68. The van der Waals surface area contributed by atoms with Crippen LogP contribution in [0, 0.1) is 0 Å². The summed E-state index contributed by atoms with van der Waals surface area (Å²) in [7, 11) is 4.53. The third-order valence-electron chi connectivity index (χ3n) is 5.52. The van der Waals surface area contributed by atoms with Crippen molar-refractivity contribution in [3.63, 3.8) is 0 Å². The molecule has 36 heavy (non-hydrogen) atoms. The molecule has 1 atom stereocenters. The summed E-state index contributed by atoms with van der Waals surface area (Å²) < 4.78 is 33.3. The van der Waals surface area contributed by atoms with Crippen molar-refractivity contribution in [1.29, 1.82) is 0 Å². The minimum atomic E-state index is -0.965. The van der Waals surface area contributed by atoms with E-state index in [2.05, 4.69) is 0 Å². The van der Waals surface area contributed by atoms with Gasteiger partial charge in [0.05, 0.1) is 33.5 Å². The number of esters is 1. The normalized spacial score (nSPS) is 14.0. The van der Waals surface area contributed by atoms with Crippen molar-refractivity contribution in [2.75, 3.05) is 27.9 Å². The Morgan fingerprint density at radius 2 is 1.69 bits per heavy atom. The Morgan fingerprint density at radius 3 is 2.36 bits per heavy atom. The van der Waals surface area contributed by atoms with Gasteiger partial charge in [-0.25, -0.2) is 4.79 Å². The summed E-state index contributed by atoms with van der Waals surface area (Å²) in [6.45, 7) is 1.96. The maximum absolute atomic E-state index is 13.0. The first-order chi connectivity index (χ1) is 17.5. The summed E-state index contributed by atoms with van der Waals surface area (Å²) in [6, 6.07) is 17.3. The SMILES string of the molecule is CCOC(=O)C(Oc1ccc2c(c1)O/C(=C\c1ccc(OC)c(OC)c1OC)C2=O)c1ccccc1. The quantitative estimate of drug-likeness (QED) is 0.305. The summed E-state index contributed by atoms with van der Waals surface area (Å²) in [6.07, 6.45) is 0.613. The number of ether oxygens (including phenoxy) is 6. The fraction of sp³-hybridized carbons (Fsp3) is 0.214. The number of rotatable bonds is 9. The zero-order valence-electron chi connectivity index (χ0n) is 20.4. The molecule has 3 aromatic rings. The molecule has 0 aromatic heterocycles. The van der Waals surface area contributed by atoms with Crippen LogP contribution in [0.1, 0.15) is 34.5 Å². The standard InChI is InChI=1S/C28H26O8/c1-5-34-28(30)26(17-9-7-6-8-10-17)35-19-12-13-20-22(16-19)36-23(24(20)29)15-18-11-14-21(31-2)27(33-4)25(18)32-3/h6-16,26H,5H2,1-4H3/b23-15-. The van der Waals surface area contributed by atoms with Crippen LogP contribution in [-0.4, -0.2) is 39.7 Å². The molecule has 0 saturated carbocycles. The molecule has 8 heteroatoms. The van der Waals surface area contributed by atoms with E-state index < -0.39 is 12.1 Å². The van der Waals surface area contributed by atoms with Crippen molar-refractivity contribution in [2.45, 2.75) is 13.0 Å². The summed E-state index contributed by atoms with van der Waals surface area (Å²) in [5.74, 6) is 1.28. The van der Waals surface area contributed by atoms with Crippen LogP contribution in [0.15, 0.2) is 66.4 Å². The average Bonchev–Trinajstić information content (AvgIpc) is 3.21. The lowest BCUT2D eigenvalue weighted by Crippen LogP contribution is -2.21. The number of hydrogen-bond donors (Lipinski definition) is 0. The van der Waals surface area contributed by atoms with Crippen molar-refractivity contribution < 1.29 is 38.0 Å². The zero-order valence-corrected chi connectivity index (χ0v) is 20.4. The van der Waals surface area contributed by atoms with Crippen LogP contribution < -0.4 is 23.7 Å². The third kappa shape index (κ3) is 4.84. The van der Waals surface area contributed by atoms with Gasteiger partial charge in [-0.2, -0.15) is 0 Å². The predicted octanol–water partition coefficient (Wildman–Crippen LogP) is 5.01. The van der Waals surface area contributed by atoms with Gasteiger partial charge in [-0.3, -0.25) is 4.79 Å². The van der Waals surface area contributed by atoms with Crippen molar-refractivity contribution in [3.8, 4) is 28.7 Å². The van der Waals surface area contributed by atoms with Gasteiger partial charge in [0.25, 0.3) is 0 Å². The van der Waals surface area contributed by atoms with Crippen molar-refractivity contribution in [2.24, 2.45) is 0 Å². The molecule has 0 bridgehead atoms. The molecule has 1 aliphatic rings. The molecule has 0 spiro atoms. The first kappa shape index (κ1) is 24.7. The van der Waals surface area contributed by atoms with E-state index in [0.29, 0.717) is 45.4 Å². The molecule has 186 valence electrons. The van der Waals surface area contributed by atoms with Crippen LogP contribution in [0.5, 0.6) is 28.7 Å². The fourth-order valence-electron chi connectivity index (χ4n) is 3.85. The third-order valence-corrected chi connectivity index (χ3v) is 5.52. The zero-order chi connectivity index (χ0) is 25.7. The van der Waals surface area contributed by atoms with E-state index in [4.69, 9.17) is 28.4 Å². The van der Waals surface area contributed by atoms with Crippen LogP contribution >= 0.6 is 0 Å². The topological polar surface area (TPSA) is 89.5 Å². The Kier molecular flexibility index (Phi) is 7.44. The van der Waals surface area contributed by atoms with E-state index in [0.717, 1.165) is 0 Å². The van der Waals surface area contributed by atoms with E-state index in [9.17, 15) is 9.59 Å². The second-order valence-electron chi connectivity index (χ2n) is 7.68. The van der Waals surface area contributed by atoms with Crippen molar-refractivity contribution in [3.05, 3.63) is 83.1 Å². The lowest BCUT2D eigenvalue weighted by molar-refractivity contribution is -0.151. The molecule has 1 aliphatic heterocycles. The molecule has 0 amide bonds. The molecule has 0 fully saturated rings. The van der Waals surface area contributed by atoms with Crippen molar-refractivity contribution in [1.82, 2.24) is 0 Å². The lowest BCUT2D eigenvalue weighted by atomic mass is 10.1. The summed E-state index contributed by atoms with van der Waals surface area (Å²) in [4.78, 5) is 25.6. The molecule has 0 saturated heterocycles. The Balaban J connectivity index is 1.63. The van der Waals surface area contributed by atoms with Crippen LogP contribution in [-0.2, 0) is 9.53 Å². The number of methoxy groups -OCH3 is 3. The minimum Gasteiger partial charge on any atom is -0.493 e. The number of Topliss-reactive ketones (excluding diaryl/α,β-unsaturated/α-hetero) is 1. The molecule has 1 heterocycles. The Hall–Kier alpha value is -4.46. The van der Waals surface area contributed by atoms with Gasteiger partial charge in [-0.1, -0.05) is 30.3 Å². The number of hydrogen-bond acceptors (Lipinski definition) is 8. The molecule has 3 aromatic carbocycles. The minimum absolute atomic E-state index is 0.109. The van der Waals surface area contributed by atoms with Gasteiger partial charge in [0.15, 0.2) is 17.3 Å². The molecule has 0 radical (unpaired) electrons. The monoisotopic (exact) mass is 490 g/mol. The molecule has 8 nitrogen and oxygen atoms in total. The Bertz CT molecular complexity index is 1300. The highest BCUT2D eigenvalue weighted by molar-refractivity contribution is 6.14. The van der Waals surface area contributed by atoms with Crippen LogP contribution in [0.25, 0.3) is 6.08 Å². The van der Waals surface area contributed by atoms with E-state index in [1.165, 1.54) is 21.3 Å². The van der Waals surface area contributed by atoms with Gasteiger partial charge in [0.2, 0.25) is 17.6 Å². The predicted molar refractivity (Wildman–Crippen MR) is 132 cm³/mol. The molecule has 0 aliphatic carbocycles. The van der Waals surface area contributed by atoms with Gasteiger partial charge in [-0.05, 0) is 37.3 Å². The van der Waals surface area contributed by atoms with Gasteiger partial charge in [0.1, 0.15) is 11.5 Å². The second kappa shape index (κ2) is 10.9. The maximum atomic E-state index is 13.0. The summed E-state index contributed by atoms with van der Waals surface area (Å²) >= 11 is 0. The van der Waals surface area contributed by atoms with Gasteiger partial charge in [-0.15, -0.1) is 0 Å². The molecular formula is C28H26O8. The largest absolute Gasteiger partial charge is 0.493 e. The molecular weight excluding hydrogens is 464 g/mol. The number of benzene rings is 3. The van der Waals surface area contributed by atoms with Crippen molar-refractivity contribution >= 4 is 17.8 Å². The summed E-state index contributed by atoms with van der Waals surface area (Å²) in [5.41, 5.74) is 1.60. The first-order valence-electron chi connectivity index (χ1n) is 11.3. The van der Waals surface area contributed by atoms with E-state index in [-0.39, 0.29) is 18.1 Å². The maximum Gasteiger partial charge on any atom is 0.352 e. The molecule has 4 rings (SSSR count). The van der Waals surface area contributed by atoms with Crippen LogP contribution in [0.4, 0.5) is 0 Å². The van der Waals surface area contributed by atoms with Gasteiger partial charge >= 0.3 is 5.97 Å². The lowest BCUT2D eigenvalue weighted by Gasteiger charge is -2.18. The molecule has 1 unspecified atom stereocenters. The summed E-state index contributed by atoms with van der Waals surface area (Å²) in [5, 5.41) is 0. The Labute approximate surface area is 209 Å². The van der Waals surface area contributed by atoms with E-state index >= 15 is 0 Å². The van der Waals surface area contributed by atoms with Gasteiger partial charge in [0, 0.05) is 17.2 Å². The number of carbonyl (C=O) groups is 2. The highest BCUT2D eigenvalue weighted by Gasteiger charge is 2.30. The van der Waals surface area contributed by atoms with Crippen LogP contribution in [0.3, 0.4) is 0 Å². The highest BCUT2D eigenvalue weighted by Crippen LogP contribution is 2.42. The number of allylic oxidation sites excluding steroid dienone is 1. The number of carbonyl (C=O) groups excluding carboxylic acids is 2.